The Morgan fingerprint density at radius 1 is 1.14 bits per heavy atom. The second-order valence-corrected chi connectivity index (χ2v) is 5.24. The quantitative estimate of drug-likeness (QED) is 0.771. The summed E-state index contributed by atoms with van der Waals surface area (Å²) < 4.78 is 5.14. The highest BCUT2D eigenvalue weighted by Gasteiger charge is 2.13. The van der Waals surface area contributed by atoms with Gasteiger partial charge in [-0.05, 0) is 36.8 Å². The molecular formula is C18H18N2O2. The van der Waals surface area contributed by atoms with E-state index in [2.05, 4.69) is 10.3 Å². The molecule has 1 aromatic heterocycles. The van der Waals surface area contributed by atoms with Crippen LogP contribution >= 0.6 is 0 Å². The van der Waals surface area contributed by atoms with Gasteiger partial charge in [0.15, 0.2) is 0 Å². The molecule has 0 bridgehead atoms. The predicted octanol–water partition coefficient (Wildman–Crippen LogP) is 3.67. The van der Waals surface area contributed by atoms with Crippen molar-refractivity contribution in [2.24, 2.45) is 0 Å². The van der Waals surface area contributed by atoms with Crippen molar-refractivity contribution in [1.29, 1.82) is 0 Å². The number of para-hydroxylation sites is 1. The molecule has 22 heavy (non-hydrogen) atoms. The average molecular weight is 294 g/mol. The van der Waals surface area contributed by atoms with E-state index >= 15 is 0 Å². The summed E-state index contributed by atoms with van der Waals surface area (Å²) in [4.78, 5) is 15.5. The zero-order valence-corrected chi connectivity index (χ0v) is 12.6. The Bertz CT molecular complexity index is 757. The van der Waals surface area contributed by atoms with Crippen LogP contribution in [0.2, 0.25) is 0 Å². The second kappa shape index (κ2) is 5.93. The third kappa shape index (κ3) is 2.81. The summed E-state index contributed by atoms with van der Waals surface area (Å²) in [6.07, 6.45) is 0. The van der Waals surface area contributed by atoms with Crippen molar-refractivity contribution in [3.63, 3.8) is 0 Å². The molecule has 0 fully saturated rings. The molecular weight excluding hydrogens is 276 g/mol. The van der Waals surface area contributed by atoms with Crippen molar-refractivity contribution in [3.05, 3.63) is 65.9 Å². The lowest BCUT2D eigenvalue weighted by atomic mass is 10.1. The Kier molecular flexibility index (Phi) is 3.83. The molecule has 0 saturated heterocycles. The fraction of sp³-hybridized carbons (Fsp3) is 0.167. The highest BCUT2D eigenvalue weighted by Crippen LogP contribution is 2.19. The van der Waals surface area contributed by atoms with E-state index in [1.165, 1.54) is 0 Å². The van der Waals surface area contributed by atoms with Crippen molar-refractivity contribution in [2.75, 3.05) is 7.11 Å². The third-order valence-electron chi connectivity index (χ3n) is 3.74. The van der Waals surface area contributed by atoms with Crippen LogP contribution in [0.3, 0.4) is 0 Å². The number of fused-ring (bicyclic) bond motifs is 1. The first-order chi connectivity index (χ1) is 10.7. The molecule has 0 saturated carbocycles. The monoisotopic (exact) mass is 294 g/mol. The number of carbonyl (C=O) groups is 1. The van der Waals surface area contributed by atoms with Crippen LogP contribution < -0.4 is 10.1 Å². The predicted molar refractivity (Wildman–Crippen MR) is 87.2 cm³/mol. The average Bonchev–Trinajstić information content (AvgIpc) is 2.99. The van der Waals surface area contributed by atoms with Crippen LogP contribution in [-0.4, -0.2) is 18.0 Å². The molecule has 4 heteroatoms. The lowest BCUT2D eigenvalue weighted by Crippen LogP contribution is -2.26. The molecule has 2 aromatic carbocycles. The molecule has 0 radical (unpaired) electrons. The molecule has 2 N–H and O–H groups in total. The van der Waals surface area contributed by atoms with E-state index in [9.17, 15) is 4.79 Å². The molecule has 0 spiro atoms. The van der Waals surface area contributed by atoms with Gasteiger partial charge in [-0.1, -0.05) is 30.3 Å². The number of methoxy groups -OCH3 is 1. The van der Waals surface area contributed by atoms with E-state index in [-0.39, 0.29) is 11.9 Å². The topological polar surface area (TPSA) is 54.1 Å². The molecule has 112 valence electrons. The summed E-state index contributed by atoms with van der Waals surface area (Å²) in [5, 5.41) is 4.03. The van der Waals surface area contributed by atoms with Crippen molar-refractivity contribution in [3.8, 4) is 5.75 Å². The highest BCUT2D eigenvalue weighted by atomic mass is 16.5. The van der Waals surface area contributed by atoms with Gasteiger partial charge in [0.2, 0.25) is 0 Å². The zero-order valence-electron chi connectivity index (χ0n) is 12.6. The molecule has 1 atom stereocenters. The number of amides is 1. The molecule has 3 aromatic rings. The van der Waals surface area contributed by atoms with Gasteiger partial charge in [-0.15, -0.1) is 0 Å². The number of benzene rings is 2. The number of nitrogens with one attached hydrogen (secondary N) is 2. The van der Waals surface area contributed by atoms with Crippen molar-refractivity contribution in [1.82, 2.24) is 10.3 Å². The molecule has 1 amide bonds. The van der Waals surface area contributed by atoms with E-state index in [1.807, 2.05) is 61.5 Å². The molecule has 3 rings (SSSR count). The smallest absolute Gasteiger partial charge is 0.268 e. The number of aromatic amines is 1. The first-order valence-electron chi connectivity index (χ1n) is 7.20. The molecule has 0 aliphatic rings. The van der Waals surface area contributed by atoms with Gasteiger partial charge in [-0.25, -0.2) is 0 Å². The summed E-state index contributed by atoms with van der Waals surface area (Å²) in [6.45, 7) is 1.96. The van der Waals surface area contributed by atoms with Crippen molar-refractivity contribution >= 4 is 16.8 Å². The molecule has 1 heterocycles. The van der Waals surface area contributed by atoms with Gasteiger partial charge in [0, 0.05) is 10.9 Å². The van der Waals surface area contributed by atoms with E-state index in [1.54, 1.807) is 7.11 Å². The van der Waals surface area contributed by atoms with Gasteiger partial charge in [-0.2, -0.15) is 0 Å². The number of ether oxygens (including phenoxy) is 1. The van der Waals surface area contributed by atoms with Crippen LogP contribution in [0.4, 0.5) is 0 Å². The van der Waals surface area contributed by atoms with Gasteiger partial charge in [0.25, 0.3) is 5.91 Å². The van der Waals surface area contributed by atoms with Crippen LogP contribution in [-0.2, 0) is 0 Å². The minimum Gasteiger partial charge on any atom is -0.497 e. The normalized spacial score (nSPS) is 12.1. The van der Waals surface area contributed by atoms with E-state index < -0.39 is 0 Å². The lowest BCUT2D eigenvalue weighted by molar-refractivity contribution is 0.0935. The Morgan fingerprint density at radius 2 is 1.86 bits per heavy atom. The molecule has 4 nitrogen and oxygen atoms in total. The maximum atomic E-state index is 12.4. The molecule has 1 unspecified atom stereocenters. The number of carbonyl (C=O) groups excluding carboxylic acids is 1. The Morgan fingerprint density at radius 3 is 2.55 bits per heavy atom. The van der Waals surface area contributed by atoms with Gasteiger partial charge >= 0.3 is 0 Å². The fourth-order valence-electron chi connectivity index (χ4n) is 2.45. The van der Waals surface area contributed by atoms with Crippen molar-refractivity contribution in [2.45, 2.75) is 13.0 Å². The fourth-order valence-corrected chi connectivity index (χ4v) is 2.45. The van der Waals surface area contributed by atoms with E-state index in [0.29, 0.717) is 5.69 Å². The van der Waals surface area contributed by atoms with Gasteiger partial charge in [0.05, 0.1) is 13.2 Å². The number of aromatic nitrogens is 1. The van der Waals surface area contributed by atoms with Crippen LogP contribution in [0.5, 0.6) is 5.75 Å². The minimum absolute atomic E-state index is 0.0789. The minimum atomic E-state index is -0.112. The summed E-state index contributed by atoms with van der Waals surface area (Å²) in [5.41, 5.74) is 2.57. The molecule has 0 aliphatic heterocycles. The number of H-pyrrole nitrogens is 1. The van der Waals surface area contributed by atoms with Crippen molar-refractivity contribution < 1.29 is 9.53 Å². The maximum absolute atomic E-state index is 12.4. The summed E-state index contributed by atoms with van der Waals surface area (Å²) in [6, 6.07) is 17.3. The largest absolute Gasteiger partial charge is 0.497 e. The van der Waals surface area contributed by atoms with Gasteiger partial charge in [-0.3, -0.25) is 4.79 Å². The first-order valence-corrected chi connectivity index (χ1v) is 7.20. The standard InChI is InChI=1S/C18H18N2O2/c1-12(13-7-9-15(22-2)10-8-13)19-18(21)17-11-14-5-3-4-6-16(14)20-17/h3-12,20H,1-2H3,(H,19,21). The zero-order chi connectivity index (χ0) is 15.5. The van der Waals surface area contributed by atoms with Crippen LogP contribution in [0.15, 0.2) is 54.6 Å². The Balaban J connectivity index is 1.74. The summed E-state index contributed by atoms with van der Waals surface area (Å²) in [5.74, 6) is 0.692. The third-order valence-corrected chi connectivity index (χ3v) is 3.74. The number of rotatable bonds is 4. The van der Waals surface area contributed by atoms with Crippen LogP contribution in [0.25, 0.3) is 10.9 Å². The maximum Gasteiger partial charge on any atom is 0.268 e. The van der Waals surface area contributed by atoms with E-state index in [4.69, 9.17) is 4.74 Å². The van der Waals surface area contributed by atoms with Crippen LogP contribution in [0.1, 0.15) is 29.0 Å². The highest BCUT2D eigenvalue weighted by molar-refractivity contribution is 5.98. The van der Waals surface area contributed by atoms with Gasteiger partial charge in [0.1, 0.15) is 11.4 Å². The van der Waals surface area contributed by atoms with Gasteiger partial charge < -0.3 is 15.0 Å². The number of hydrogen-bond donors (Lipinski definition) is 2. The lowest BCUT2D eigenvalue weighted by Gasteiger charge is -2.14. The van der Waals surface area contributed by atoms with E-state index in [0.717, 1.165) is 22.2 Å². The SMILES string of the molecule is COc1ccc(C(C)NC(=O)c2cc3ccccc3[nH]2)cc1. The Hall–Kier alpha value is -2.75. The summed E-state index contributed by atoms with van der Waals surface area (Å²) >= 11 is 0. The second-order valence-electron chi connectivity index (χ2n) is 5.24. The summed E-state index contributed by atoms with van der Waals surface area (Å²) in [7, 11) is 1.64. The van der Waals surface area contributed by atoms with Crippen LogP contribution in [0, 0.1) is 0 Å². The Labute approximate surface area is 129 Å². The number of hydrogen-bond acceptors (Lipinski definition) is 2. The molecule has 0 aliphatic carbocycles. The first kappa shape index (κ1) is 14.2.